The van der Waals surface area contributed by atoms with E-state index in [4.69, 9.17) is 4.42 Å². The van der Waals surface area contributed by atoms with Crippen LogP contribution >= 0.6 is 0 Å². The van der Waals surface area contributed by atoms with E-state index in [-0.39, 0.29) is 29.7 Å². The van der Waals surface area contributed by atoms with Crippen LogP contribution in [-0.4, -0.2) is 43.1 Å². The molecule has 1 fully saturated rings. The highest BCUT2D eigenvalue weighted by Gasteiger charge is 2.35. The van der Waals surface area contributed by atoms with Crippen molar-refractivity contribution in [2.45, 2.75) is 25.9 Å². The molecule has 3 heterocycles. The standard InChI is InChI=1S/C19H23N5O3/c1-12-11-23(19(26)18-5-4-8-27-18)17-9-14(15-10-20-22(3)21-15)6-7-16(17)24(12)13(2)25/h4-9,12,15,20-21H,10-11H2,1-3H3/t12-,15?/m0/s1. The van der Waals surface area contributed by atoms with Gasteiger partial charge in [-0.1, -0.05) is 6.07 Å². The van der Waals surface area contributed by atoms with Gasteiger partial charge in [0.05, 0.1) is 29.7 Å². The summed E-state index contributed by atoms with van der Waals surface area (Å²) in [4.78, 5) is 28.7. The van der Waals surface area contributed by atoms with Gasteiger partial charge in [0, 0.05) is 27.1 Å². The van der Waals surface area contributed by atoms with Crippen molar-refractivity contribution in [1.82, 2.24) is 16.0 Å². The van der Waals surface area contributed by atoms with E-state index in [9.17, 15) is 9.59 Å². The second-order valence-electron chi connectivity index (χ2n) is 6.98. The average Bonchev–Trinajstić information content (AvgIpc) is 3.31. The van der Waals surface area contributed by atoms with Gasteiger partial charge in [0.1, 0.15) is 0 Å². The molecule has 8 heteroatoms. The van der Waals surface area contributed by atoms with Gasteiger partial charge in [0.25, 0.3) is 5.91 Å². The summed E-state index contributed by atoms with van der Waals surface area (Å²) in [7, 11) is 1.91. The molecule has 1 saturated heterocycles. The van der Waals surface area contributed by atoms with E-state index in [2.05, 4.69) is 10.9 Å². The molecule has 0 aliphatic carbocycles. The third kappa shape index (κ3) is 3.12. The Kier molecular flexibility index (Phi) is 4.47. The highest BCUT2D eigenvalue weighted by Crippen LogP contribution is 2.38. The van der Waals surface area contributed by atoms with Crippen molar-refractivity contribution < 1.29 is 14.0 Å². The summed E-state index contributed by atoms with van der Waals surface area (Å²) < 4.78 is 5.32. The Morgan fingerprint density at radius 3 is 2.67 bits per heavy atom. The van der Waals surface area contributed by atoms with Crippen LogP contribution in [0.25, 0.3) is 0 Å². The fourth-order valence-electron chi connectivity index (χ4n) is 3.81. The smallest absolute Gasteiger partial charge is 0.294 e. The molecule has 2 N–H and O–H groups in total. The Balaban J connectivity index is 1.78. The number of furan rings is 1. The number of hydrogen-bond acceptors (Lipinski definition) is 6. The molecular formula is C19H23N5O3. The third-order valence-electron chi connectivity index (χ3n) is 5.04. The second-order valence-corrected chi connectivity index (χ2v) is 6.98. The zero-order valence-corrected chi connectivity index (χ0v) is 15.6. The van der Waals surface area contributed by atoms with E-state index < -0.39 is 0 Å². The summed E-state index contributed by atoms with van der Waals surface area (Å²) in [6.07, 6.45) is 1.49. The summed E-state index contributed by atoms with van der Waals surface area (Å²) in [6, 6.07) is 9.22. The van der Waals surface area contributed by atoms with E-state index in [0.717, 1.165) is 23.5 Å². The predicted molar refractivity (Wildman–Crippen MR) is 101 cm³/mol. The second kappa shape index (κ2) is 6.80. The van der Waals surface area contributed by atoms with Gasteiger partial charge < -0.3 is 14.2 Å². The number of rotatable bonds is 2. The molecule has 0 spiro atoms. The highest BCUT2D eigenvalue weighted by molar-refractivity contribution is 6.09. The van der Waals surface area contributed by atoms with Gasteiger partial charge in [-0.3, -0.25) is 9.59 Å². The van der Waals surface area contributed by atoms with Crippen LogP contribution in [0, 0.1) is 0 Å². The molecule has 2 aliphatic heterocycles. The minimum Gasteiger partial charge on any atom is -0.459 e. The maximum absolute atomic E-state index is 13.0. The number of hydrogen-bond donors (Lipinski definition) is 2. The zero-order valence-electron chi connectivity index (χ0n) is 15.6. The van der Waals surface area contributed by atoms with Crippen molar-refractivity contribution in [1.29, 1.82) is 0 Å². The normalized spacial score (nSPS) is 22.8. The first kappa shape index (κ1) is 17.7. The van der Waals surface area contributed by atoms with Crippen molar-refractivity contribution in [3.8, 4) is 0 Å². The number of carbonyl (C=O) groups is 2. The molecule has 27 heavy (non-hydrogen) atoms. The fraction of sp³-hybridized carbons (Fsp3) is 0.368. The zero-order chi connectivity index (χ0) is 19.1. The Bertz CT molecular complexity index is 866. The van der Waals surface area contributed by atoms with E-state index in [1.165, 1.54) is 6.26 Å². The molecular weight excluding hydrogens is 346 g/mol. The molecule has 2 amide bonds. The number of fused-ring (bicyclic) bond motifs is 1. The lowest BCUT2D eigenvalue weighted by atomic mass is 10.0. The van der Waals surface area contributed by atoms with Crippen molar-refractivity contribution in [3.63, 3.8) is 0 Å². The van der Waals surface area contributed by atoms with Gasteiger partial charge in [-0.2, -0.15) is 5.12 Å². The van der Waals surface area contributed by atoms with Gasteiger partial charge >= 0.3 is 0 Å². The maximum Gasteiger partial charge on any atom is 0.294 e. The molecule has 2 aromatic rings. The van der Waals surface area contributed by atoms with Gasteiger partial charge in [-0.25, -0.2) is 10.9 Å². The maximum atomic E-state index is 13.0. The average molecular weight is 369 g/mol. The first-order chi connectivity index (χ1) is 13.0. The number of hydrazine groups is 2. The van der Waals surface area contributed by atoms with Crippen molar-refractivity contribution in [2.75, 3.05) is 29.9 Å². The molecule has 4 rings (SSSR count). The molecule has 1 aromatic heterocycles. The summed E-state index contributed by atoms with van der Waals surface area (Å²) >= 11 is 0. The minimum atomic E-state index is -0.205. The van der Waals surface area contributed by atoms with Crippen LogP contribution in [0.4, 0.5) is 11.4 Å². The van der Waals surface area contributed by atoms with Crippen LogP contribution in [0.5, 0.6) is 0 Å². The van der Waals surface area contributed by atoms with Crippen molar-refractivity contribution >= 4 is 23.2 Å². The number of benzene rings is 1. The van der Waals surface area contributed by atoms with Gasteiger partial charge in [-0.15, -0.1) is 0 Å². The van der Waals surface area contributed by atoms with E-state index in [1.54, 1.807) is 28.9 Å². The summed E-state index contributed by atoms with van der Waals surface area (Å²) in [5, 5.41) is 1.82. The molecule has 142 valence electrons. The van der Waals surface area contributed by atoms with Gasteiger partial charge in [0.15, 0.2) is 5.76 Å². The predicted octanol–water partition coefficient (Wildman–Crippen LogP) is 1.68. The number of anilines is 2. The van der Waals surface area contributed by atoms with Crippen molar-refractivity contribution in [2.24, 2.45) is 0 Å². The topological polar surface area (TPSA) is 81.1 Å². The van der Waals surface area contributed by atoms with E-state index in [0.29, 0.717) is 6.54 Å². The SMILES string of the molecule is CC(=O)N1c2ccc(C3CNN(C)N3)cc2N(C(=O)c2ccco2)C[C@@H]1C. The molecule has 1 aromatic carbocycles. The lowest BCUT2D eigenvalue weighted by molar-refractivity contribution is -0.117. The summed E-state index contributed by atoms with van der Waals surface area (Å²) in [5.74, 6) is 0.0419. The Hall–Kier alpha value is -2.68. The van der Waals surface area contributed by atoms with Gasteiger partial charge in [-0.05, 0) is 36.8 Å². The molecule has 0 radical (unpaired) electrons. The van der Waals surface area contributed by atoms with Crippen molar-refractivity contribution in [3.05, 3.63) is 47.9 Å². The molecule has 8 nitrogen and oxygen atoms in total. The number of carbonyl (C=O) groups excluding carboxylic acids is 2. The monoisotopic (exact) mass is 369 g/mol. The minimum absolute atomic E-state index is 0.0398. The highest BCUT2D eigenvalue weighted by atomic mass is 16.3. The Labute approximate surface area is 157 Å². The molecule has 0 saturated carbocycles. The Morgan fingerprint density at radius 1 is 1.22 bits per heavy atom. The first-order valence-electron chi connectivity index (χ1n) is 8.98. The fourth-order valence-corrected chi connectivity index (χ4v) is 3.81. The number of amides is 2. The molecule has 0 bridgehead atoms. The van der Waals surface area contributed by atoms with Crippen LogP contribution < -0.4 is 20.7 Å². The first-order valence-corrected chi connectivity index (χ1v) is 8.98. The van der Waals surface area contributed by atoms with E-state index >= 15 is 0 Å². The molecule has 2 atom stereocenters. The number of nitrogens with one attached hydrogen (secondary N) is 2. The Morgan fingerprint density at radius 2 is 2.04 bits per heavy atom. The van der Waals surface area contributed by atoms with Crippen LogP contribution in [0.3, 0.4) is 0 Å². The van der Waals surface area contributed by atoms with Crippen LogP contribution in [-0.2, 0) is 4.79 Å². The molecule has 1 unspecified atom stereocenters. The van der Waals surface area contributed by atoms with E-state index in [1.807, 2.05) is 37.3 Å². The summed E-state index contributed by atoms with van der Waals surface area (Å²) in [6.45, 7) is 4.65. The third-order valence-corrected chi connectivity index (χ3v) is 5.04. The van der Waals surface area contributed by atoms with Crippen LogP contribution in [0.1, 0.15) is 36.0 Å². The van der Waals surface area contributed by atoms with Crippen LogP contribution in [0.15, 0.2) is 41.0 Å². The number of nitrogens with zero attached hydrogens (tertiary/aromatic N) is 3. The quantitative estimate of drug-likeness (QED) is 0.838. The van der Waals surface area contributed by atoms with Gasteiger partial charge in [0.2, 0.25) is 5.91 Å². The summed E-state index contributed by atoms with van der Waals surface area (Å²) in [5.41, 5.74) is 9.02. The lowest BCUT2D eigenvalue weighted by Crippen LogP contribution is -2.51. The molecule has 2 aliphatic rings. The van der Waals surface area contributed by atoms with Crippen LogP contribution in [0.2, 0.25) is 0 Å². The lowest BCUT2D eigenvalue weighted by Gasteiger charge is -2.40. The largest absolute Gasteiger partial charge is 0.459 e.